The summed E-state index contributed by atoms with van der Waals surface area (Å²) in [5.41, 5.74) is 4.48. The summed E-state index contributed by atoms with van der Waals surface area (Å²) in [6, 6.07) is 17.8. The quantitative estimate of drug-likeness (QED) is 0.451. The normalized spacial score (nSPS) is 10.9. The maximum atomic E-state index is 5.79. The lowest BCUT2D eigenvalue weighted by Crippen LogP contribution is -2.19. The fraction of sp³-hybridized carbons (Fsp3) is 0.200. The average Bonchev–Trinajstić information content (AvgIpc) is 2.84. The van der Waals surface area contributed by atoms with Crippen molar-refractivity contribution in [3.8, 4) is 39.7 Å². The Morgan fingerprint density at radius 3 is 2.41 bits per heavy atom. The number of anilines is 1. The van der Waals surface area contributed by atoms with Crippen LogP contribution in [0.5, 0.6) is 5.75 Å². The van der Waals surface area contributed by atoms with Crippen LogP contribution in [0.2, 0.25) is 0 Å². The summed E-state index contributed by atoms with van der Waals surface area (Å²) in [6.07, 6.45) is 5.40. The minimum atomic E-state index is 0.567. The molecule has 0 spiro atoms. The van der Waals surface area contributed by atoms with Gasteiger partial charge in [-0.25, -0.2) is 9.97 Å². The van der Waals surface area contributed by atoms with E-state index in [-0.39, 0.29) is 0 Å². The summed E-state index contributed by atoms with van der Waals surface area (Å²) < 4.78 is 5.79. The van der Waals surface area contributed by atoms with Gasteiger partial charge >= 0.3 is 0 Å². The Labute approximate surface area is 188 Å². The van der Waals surface area contributed by atoms with Gasteiger partial charge in [0.1, 0.15) is 23.9 Å². The van der Waals surface area contributed by atoms with Gasteiger partial charge < -0.3 is 15.0 Å². The van der Waals surface area contributed by atoms with Gasteiger partial charge in [-0.1, -0.05) is 18.2 Å². The number of hydrogen-bond donors (Lipinski definition) is 1. The van der Waals surface area contributed by atoms with Gasteiger partial charge in [0, 0.05) is 49.4 Å². The highest BCUT2D eigenvalue weighted by Gasteiger charge is 2.10. The number of rotatable bonds is 8. The Balaban J connectivity index is 1.61. The van der Waals surface area contributed by atoms with Gasteiger partial charge in [-0.2, -0.15) is 0 Å². The third-order valence-electron chi connectivity index (χ3n) is 4.91. The first-order valence-electron chi connectivity index (χ1n) is 10.4. The van der Waals surface area contributed by atoms with E-state index < -0.39 is 0 Å². The largest absolute Gasteiger partial charge is 0.492 e. The molecule has 0 fully saturated rings. The highest BCUT2D eigenvalue weighted by Crippen LogP contribution is 2.28. The van der Waals surface area contributed by atoms with Crippen molar-refractivity contribution in [1.29, 1.82) is 0 Å². The minimum absolute atomic E-state index is 0.567. The van der Waals surface area contributed by atoms with Crippen LogP contribution in [0.1, 0.15) is 0 Å². The number of likely N-dealkylation sites (N-methyl/N-ethyl adjacent to an activating group) is 1. The maximum absolute atomic E-state index is 5.79. The molecular formula is C25H26N6O. The van der Waals surface area contributed by atoms with Crippen LogP contribution >= 0.6 is 0 Å². The molecule has 0 unspecified atom stereocenters. The van der Waals surface area contributed by atoms with Crippen molar-refractivity contribution in [2.24, 2.45) is 0 Å². The van der Waals surface area contributed by atoms with Crippen molar-refractivity contribution in [2.45, 2.75) is 0 Å². The summed E-state index contributed by atoms with van der Waals surface area (Å²) in [4.78, 5) is 20.2. The Bertz CT molecular complexity index is 1160. The first kappa shape index (κ1) is 21.4. The van der Waals surface area contributed by atoms with Crippen LogP contribution in [0.3, 0.4) is 0 Å². The number of benzene rings is 1. The highest BCUT2D eigenvalue weighted by atomic mass is 16.5. The molecule has 0 atom stereocenters. The van der Waals surface area contributed by atoms with Crippen LogP contribution in [0.25, 0.3) is 33.9 Å². The fourth-order valence-corrected chi connectivity index (χ4v) is 3.16. The van der Waals surface area contributed by atoms with Gasteiger partial charge in [0.15, 0.2) is 5.82 Å². The predicted molar refractivity (Wildman–Crippen MR) is 128 cm³/mol. The SMILES string of the molecule is CNc1cc(-c2cncc(-c3ccc(OCCN(C)C)cc3)c2)nc(-c2ccccn2)n1. The van der Waals surface area contributed by atoms with Crippen LogP contribution in [0.4, 0.5) is 5.82 Å². The van der Waals surface area contributed by atoms with E-state index in [0.29, 0.717) is 12.4 Å². The second kappa shape index (κ2) is 9.98. The Kier molecular flexibility index (Phi) is 6.67. The molecule has 0 saturated carbocycles. The molecule has 0 saturated heterocycles. The van der Waals surface area contributed by atoms with Crippen molar-refractivity contribution >= 4 is 5.82 Å². The van der Waals surface area contributed by atoms with E-state index in [1.165, 1.54) is 0 Å². The Morgan fingerprint density at radius 2 is 1.69 bits per heavy atom. The van der Waals surface area contributed by atoms with Crippen molar-refractivity contribution in [2.75, 3.05) is 39.6 Å². The number of nitrogens with one attached hydrogen (secondary N) is 1. The molecule has 7 nitrogen and oxygen atoms in total. The van der Waals surface area contributed by atoms with Crippen molar-refractivity contribution in [3.63, 3.8) is 0 Å². The van der Waals surface area contributed by atoms with E-state index in [9.17, 15) is 0 Å². The third-order valence-corrected chi connectivity index (χ3v) is 4.91. The standard InChI is InChI=1S/C25H26N6O/c1-26-24-15-23(29-25(30-24)22-6-4-5-11-28-22)20-14-19(16-27-17-20)18-7-9-21(10-8-18)32-13-12-31(2)3/h4-11,14-17H,12-13H2,1-3H3,(H,26,29,30). The second-order valence-corrected chi connectivity index (χ2v) is 7.57. The van der Waals surface area contributed by atoms with Gasteiger partial charge in [-0.3, -0.25) is 9.97 Å². The lowest BCUT2D eigenvalue weighted by Gasteiger charge is -2.11. The lowest BCUT2D eigenvalue weighted by atomic mass is 10.0. The number of ether oxygens (including phenoxy) is 1. The summed E-state index contributed by atoms with van der Waals surface area (Å²) in [6.45, 7) is 1.53. The summed E-state index contributed by atoms with van der Waals surface area (Å²) in [5.74, 6) is 2.14. The molecular weight excluding hydrogens is 400 g/mol. The molecule has 4 aromatic rings. The molecule has 3 heterocycles. The zero-order chi connectivity index (χ0) is 22.3. The molecule has 7 heteroatoms. The lowest BCUT2D eigenvalue weighted by molar-refractivity contribution is 0.261. The molecule has 0 aliphatic heterocycles. The molecule has 162 valence electrons. The summed E-state index contributed by atoms with van der Waals surface area (Å²) in [5, 5.41) is 3.11. The molecule has 0 aliphatic rings. The van der Waals surface area contributed by atoms with Crippen molar-refractivity contribution in [1.82, 2.24) is 24.8 Å². The van der Waals surface area contributed by atoms with Crippen molar-refractivity contribution < 1.29 is 4.74 Å². The van der Waals surface area contributed by atoms with Crippen LogP contribution in [-0.4, -0.2) is 59.1 Å². The van der Waals surface area contributed by atoms with Gasteiger partial charge in [-0.05, 0) is 50.0 Å². The molecule has 0 bridgehead atoms. The van der Waals surface area contributed by atoms with Gasteiger partial charge in [0.05, 0.1) is 5.69 Å². The molecule has 3 aromatic heterocycles. The van der Waals surface area contributed by atoms with E-state index >= 15 is 0 Å². The summed E-state index contributed by atoms with van der Waals surface area (Å²) >= 11 is 0. The first-order chi connectivity index (χ1) is 15.6. The maximum Gasteiger partial charge on any atom is 0.180 e. The fourth-order valence-electron chi connectivity index (χ4n) is 3.16. The molecule has 32 heavy (non-hydrogen) atoms. The van der Waals surface area contributed by atoms with E-state index in [2.05, 4.69) is 31.2 Å². The zero-order valence-electron chi connectivity index (χ0n) is 18.5. The predicted octanol–water partition coefficient (Wildman–Crippen LogP) is 4.25. The highest BCUT2D eigenvalue weighted by molar-refractivity contribution is 5.72. The number of aromatic nitrogens is 4. The van der Waals surface area contributed by atoms with Crippen LogP contribution in [-0.2, 0) is 0 Å². The van der Waals surface area contributed by atoms with Crippen LogP contribution < -0.4 is 10.1 Å². The van der Waals surface area contributed by atoms with Gasteiger partial charge in [0.2, 0.25) is 0 Å². The first-order valence-corrected chi connectivity index (χ1v) is 10.4. The number of hydrogen-bond acceptors (Lipinski definition) is 7. The average molecular weight is 427 g/mol. The van der Waals surface area contributed by atoms with Crippen LogP contribution in [0, 0.1) is 0 Å². The zero-order valence-corrected chi connectivity index (χ0v) is 18.5. The Morgan fingerprint density at radius 1 is 0.875 bits per heavy atom. The van der Waals surface area contributed by atoms with Gasteiger partial charge in [-0.15, -0.1) is 0 Å². The Hall–Kier alpha value is -3.84. The molecule has 1 aromatic carbocycles. The molecule has 0 aliphatic carbocycles. The monoisotopic (exact) mass is 426 g/mol. The third kappa shape index (κ3) is 5.25. The van der Waals surface area contributed by atoms with Gasteiger partial charge in [0.25, 0.3) is 0 Å². The van der Waals surface area contributed by atoms with E-state index in [0.717, 1.165) is 46.2 Å². The smallest absolute Gasteiger partial charge is 0.180 e. The summed E-state index contributed by atoms with van der Waals surface area (Å²) in [7, 11) is 5.90. The van der Waals surface area contributed by atoms with E-state index in [1.807, 2.05) is 82.1 Å². The molecule has 0 amide bonds. The van der Waals surface area contributed by atoms with E-state index in [4.69, 9.17) is 9.72 Å². The molecule has 4 rings (SSSR count). The van der Waals surface area contributed by atoms with Crippen LogP contribution in [0.15, 0.2) is 73.2 Å². The second-order valence-electron chi connectivity index (χ2n) is 7.57. The number of nitrogens with zero attached hydrogens (tertiary/aromatic N) is 5. The molecule has 1 N–H and O–H groups in total. The minimum Gasteiger partial charge on any atom is -0.492 e. The topological polar surface area (TPSA) is 76.1 Å². The van der Waals surface area contributed by atoms with E-state index in [1.54, 1.807) is 6.20 Å². The van der Waals surface area contributed by atoms with Crippen molar-refractivity contribution in [3.05, 3.63) is 73.2 Å². The molecule has 0 radical (unpaired) electrons. The number of pyridine rings is 2.